The van der Waals surface area contributed by atoms with Crippen LogP contribution in [0.5, 0.6) is 57.5 Å². The van der Waals surface area contributed by atoms with Crippen LogP contribution in [0.15, 0.2) is 271 Å². The Hall–Kier alpha value is -13.9. The van der Waals surface area contributed by atoms with Gasteiger partial charge in [-0.25, -0.2) is 24.9 Å². The Labute approximate surface area is 784 Å². The molecule has 6 N–H and O–H groups in total. The van der Waals surface area contributed by atoms with Gasteiger partial charge in [0.2, 0.25) is 29.5 Å². The van der Waals surface area contributed by atoms with Gasteiger partial charge in [-0.15, -0.1) is 0 Å². The van der Waals surface area contributed by atoms with Gasteiger partial charge in [0.1, 0.15) is 86.3 Å². The average molecular weight is 2000 g/mol. The number of aryl methyl sites for hydroxylation is 8. The number of aromatic hydroxyl groups is 4. The number of aliphatic carboxylic acids is 2. The van der Waals surface area contributed by atoms with Gasteiger partial charge in [-0.2, -0.15) is 0 Å². The molecule has 25 nitrogen and oxygen atoms in total. The van der Waals surface area contributed by atoms with E-state index in [1.54, 1.807) is 43.5 Å². The van der Waals surface area contributed by atoms with E-state index in [2.05, 4.69) is 69.1 Å². The molecule has 0 aliphatic rings. The lowest BCUT2D eigenvalue weighted by atomic mass is 10.1. The number of phenols is 4. The van der Waals surface area contributed by atoms with Crippen molar-refractivity contribution in [2.24, 2.45) is 0 Å². The molecule has 0 bridgehead atoms. The van der Waals surface area contributed by atoms with Crippen molar-refractivity contribution in [1.82, 2.24) is 24.9 Å². The Bertz CT molecular complexity index is 6110. The molecule has 0 atom stereocenters. The molecule has 0 unspecified atom stereocenters. The number of methoxy groups -OCH3 is 1. The standard InChI is InChI=1S/C22H23NO5.C21H21NO5.C21H23NO3.C21H21NO3.C19H17NO4.I2/c1-15-19(23-22(28-15)17-6-4-3-5-7-17)12-13-27-18-10-8-16(9-11-21(24)25)20(14-18)26-2;1-14-18(22-21(27-14)16-5-3-2-4-6-16)11-12-26-17-9-7-15(19(23)13-17)8-10-20(24)25;2*1-3-7-16-10-11-18(14-20(16)23)24-13-12-19-15(2)25-21(22-19)17-8-5-4-6-9-17;1-13-17(20-19(24-13)14-5-3-2-4-6-14)9-10-23-16-8-7-15(12-21)18(22)11-16;1-2/h3-8,10,14H,9,11-13H2,1-2H3,(H,24,25);2-7,9,13,23H,8,10-12H2,1H3,(H,24,25);4-6,8-11,14,23H,3,7,12-13H2,1-2H3;3-11,14,23H,12-13H2,1-2H3;2-8,11-12,22H,9-10H2,1H3;/b;;;7-3-;;. The second-order valence-electron chi connectivity index (χ2n) is 29.6. The van der Waals surface area contributed by atoms with Gasteiger partial charge in [-0.3, -0.25) is 14.4 Å². The number of rotatable bonds is 36. The predicted octanol–water partition coefficient (Wildman–Crippen LogP) is 23.8. The molecule has 15 aromatic rings. The number of ether oxygens (including phenoxy) is 6. The van der Waals surface area contributed by atoms with Crippen molar-refractivity contribution in [3.63, 3.8) is 0 Å². The van der Waals surface area contributed by atoms with Gasteiger partial charge in [0, 0.05) is 146 Å². The number of benzene rings is 10. The molecular formula is C104H105I2N5O20. The number of carboxylic acid groups (broad SMARTS) is 2. The molecule has 0 radical (unpaired) electrons. The van der Waals surface area contributed by atoms with E-state index in [1.165, 1.54) is 18.2 Å². The summed E-state index contributed by atoms with van der Waals surface area (Å²) in [6.07, 6.45) is 10.00. The predicted molar refractivity (Wildman–Crippen MR) is 519 cm³/mol. The number of allylic oxidation sites excluding steroid dienone is 1. The molecule has 10 aromatic carbocycles. The monoisotopic (exact) mass is 2000 g/mol. The average Bonchev–Trinajstić information content (AvgIpc) is 1.65. The Morgan fingerprint density at radius 3 is 0.863 bits per heavy atom. The zero-order valence-corrected chi connectivity index (χ0v) is 78.3. The van der Waals surface area contributed by atoms with E-state index in [9.17, 15) is 34.8 Å². The van der Waals surface area contributed by atoms with E-state index in [0.29, 0.717) is 153 Å². The number of aromatic nitrogens is 5. The van der Waals surface area contributed by atoms with Crippen molar-refractivity contribution in [2.45, 2.75) is 119 Å². The van der Waals surface area contributed by atoms with Crippen LogP contribution in [-0.4, -0.2) is 114 Å². The number of hydrogen-bond acceptors (Lipinski definition) is 23. The van der Waals surface area contributed by atoms with E-state index in [1.807, 2.05) is 242 Å². The lowest BCUT2D eigenvalue weighted by molar-refractivity contribution is -0.138. The van der Waals surface area contributed by atoms with Gasteiger partial charge < -0.3 is 81.1 Å². The van der Waals surface area contributed by atoms with Crippen LogP contribution in [-0.2, 0) is 61.0 Å². The number of carbonyl (C=O) groups is 3. The van der Waals surface area contributed by atoms with Gasteiger partial charge >= 0.3 is 11.9 Å². The maximum absolute atomic E-state index is 10.8. The minimum absolute atomic E-state index is 0.0249. The summed E-state index contributed by atoms with van der Waals surface area (Å²) in [5, 5.41) is 57.2. The first-order valence-electron chi connectivity index (χ1n) is 42.5. The molecule has 0 fully saturated rings. The van der Waals surface area contributed by atoms with Gasteiger partial charge in [-0.05, 0) is 181 Å². The maximum Gasteiger partial charge on any atom is 0.303 e. The van der Waals surface area contributed by atoms with Crippen molar-refractivity contribution in [3.05, 3.63) is 334 Å². The highest BCUT2D eigenvalue weighted by Gasteiger charge is 2.19. The fourth-order valence-electron chi connectivity index (χ4n) is 13.3. The van der Waals surface area contributed by atoms with Crippen LogP contribution in [0.25, 0.3) is 63.3 Å². The molecule has 5 heterocycles. The zero-order valence-electron chi connectivity index (χ0n) is 74.0. The van der Waals surface area contributed by atoms with Crippen LogP contribution < -0.4 is 28.4 Å². The number of carbonyl (C=O) groups excluding carboxylic acids is 1. The van der Waals surface area contributed by atoms with Crippen molar-refractivity contribution in [2.75, 3.05) is 40.1 Å². The third-order valence-corrected chi connectivity index (χ3v) is 20.2. The summed E-state index contributed by atoms with van der Waals surface area (Å²) in [4.78, 5) is 54.8. The van der Waals surface area contributed by atoms with E-state index in [0.717, 1.165) is 115 Å². The summed E-state index contributed by atoms with van der Waals surface area (Å²) in [6, 6.07) is 74.6. The molecule has 27 heteroatoms. The van der Waals surface area contributed by atoms with Crippen LogP contribution in [0.3, 0.4) is 0 Å². The Balaban J connectivity index is 0.000000169. The minimum Gasteiger partial charge on any atom is -0.508 e. The normalized spacial score (nSPS) is 10.6. The summed E-state index contributed by atoms with van der Waals surface area (Å²) >= 11 is 4.24. The van der Waals surface area contributed by atoms with Gasteiger partial charge in [0.25, 0.3) is 0 Å². The quantitative estimate of drug-likeness (QED) is 0.0157. The number of phenolic OH excluding ortho intramolecular Hbond substituents is 4. The minimum atomic E-state index is -0.896. The van der Waals surface area contributed by atoms with Crippen LogP contribution >= 0.6 is 37.2 Å². The van der Waals surface area contributed by atoms with E-state index >= 15 is 0 Å². The van der Waals surface area contributed by atoms with Gasteiger partial charge in [0.15, 0.2) is 6.29 Å². The van der Waals surface area contributed by atoms with Crippen molar-refractivity contribution in [1.29, 1.82) is 0 Å². The molecule has 0 aliphatic carbocycles. The Kier molecular flexibility index (Phi) is 39.3. The summed E-state index contributed by atoms with van der Waals surface area (Å²) in [5.74, 6) is 9.30. The van der Waals surface area contributed by atoms with Crippen LogP contribution in [0.1, 0.15) is 123 Å². The van der Waals surface area contributed by atoms with Crippen molar-refractivity contribution in [3.8, 4) is 115 Å². The number of oxazole rings is 5. The molecular weight excluding hydrogens is 1890 g/mol. The molecule has 15 rings (SSSR count). The molecule has 0 saturated heterocycles. The molecule has 0 amide bonds. The first-order chi connectivity index (χ1) is 63.6. The van der Waals surface area contributed by atoms with Crippen molar-refractivity contribution >= 4 is 61.5 Å². The second kappa shape index (κ2) is 51.9. The highest BCUT2D eigenvalue weighted by molar-refractivity contribution is 15.0. The third kappa shape index (κ3) is 30.9. The first kappa shape index (κ1) is 99.2. The Morgan fingerprint density at radius 2 is 0.603 bits per heavy atom. The number of carboxylic acids is 2. The van der Waals surface area contributed by atoms with Gasteiger partial charge in [-0.1, -0.05) is 135 Å². The van der Waals surface area contributed by atoms with Crippen molar-refractivity contribution < 1.29 is 95.5 Å². The number of hydrogen-bond donors (Lipinski definition) is 6. The second-order valence-corrected chi connectivity index (χ2v) is 29.6. The largest absolute Gasteiger partial charge is 0.508 e. The topological polar surface area (TPSA) is 358 Å². The summed E-state index contributed by atoms with van der Waals surface area (Å²) < 4.78 is 62.7. The number of aldehydes is 1. The van der Waals surface area contributed by atoms with E-state index in [4.69, 9.17) is 60.7 Å². The van der Waals surface area contributed by atoms with Crippen LogP contribution in [0.2, 0.25) is 0 Å². The number of nitrogens with zero attached hydrogens (tertiary/aromatic N) is 5. The lowest BCUT2D eigenvalue weighted by Gasteiger charge is -2.11. The zero-order chi connectivity index (χ0) is 93.4. The highest BCUT2D eigenvalue weighted by Crippen LogP contribution is 2.34. The molecule has 0 saturated carbocycles. The summed E-state index contributed by atoms with van der Waals surface area (Å²) in [7, 11) is 1.56. The first-order valence-corrected chi connectivity index (χ1v) is 48.7. The molecule has 0 aliphatic heterocycles. The fourth-order valence-corrected chi connectivity index (χ4v) is 13.3. The highest BCUT2D eigenvalue weighted by atomic mass is 128. The van der Waals surface area contributed by atoms with Crippen LogP contribution in [0.4, 0.5) is 0 Å². The maximum atomic E-state index is 10.8. The van der Waals surface area contributed by atoms with E-state index < -0.39 is 11.9 Å². The molecule has 5 aromatic heterocycles. The summed E-state index contributed by atoms with van der Waals surface area (Å²) in [6.45, 7) is 15.6. The van der Waals surface area contributed by atoms with Gasteiger partial charge in [0.05, 0.1) is 74.2 Å². The third-order valence-electron chi connectivity index (χ3n) is 20.2. The fraction of sp³-hybridized carbons (Fsp3) is 0.231. The van der Waals surface area contributed by atoms with Crippen LogP contribution in [0, 0.1) is 34.6 Å². The summed E-state index contributed by atoms with van der Waals surface area (Å²) in [5.41, 5.74) is 12.4. The Morgan fingerprint density at radius 1 is 0.344 bits per heavy atom. The molecule has 131 heavy (non-hydrogen) atoms. The molecule has 680 valence electrons. The number of halogens is 2. The SMILES string of the molecule is C/C=C\c1ccc(OCCc2nc(-c3ccccc3)oc2C)cc1O.CCCc1ccc(OCCc2nc(-c3ccccc3)oc2C)cc1O.COc1cc(OCCc2nc(-c3ccccc3)oc2C)ccc1CCC(=O)O.Cc1oc(-c2ccccc2)nc1CCOc1ccc(C=O)c(O)c1.Cc1oc(-c2ccccc2)nc1CCOc1ccc(CCC(=O)O)c(O)c1.II. The molecule has 0 spiro atoms. The lowest BCUT2D eigenvalue weighted by Crippen LogP contribution is -2.04. The smallest absolute Gasteiger partial charge is 0.303 e. The van der Waals surface area contributed by atoms with E-state index in [-0.39, 0.29) is 42.1 Å².